The van der Waals surface area contributed by atoms with Crippen LogP contribution in [0.3, 0.4) is 0 Å². The molecule has 2 fully saturated rings. The molecule has 0 bridgehead atoms. The van der Waals surface area contributed by atoms with E-state index < -0.39 is 0 Å². The van der Waals surface area contributed by atoms with Crippen LogP contribution in [-0.4, -0.2) is 49.8 Å². The Hall–Kier alpha value is -0.560. The molecule has 2 heterocycles. The zero-order valence-electron chi connectivity index (χ0n) is 10.7. The number of rotatable bonds is 4. The Morgan fingerprint density at radius 3 is 2.71 bits per heavy atom. The minimum atomic E-state index is 0.451. The number of likely N-dealkylation sites (tertiary alicyclic amines) is 1. The molecule has 17 heavy (non-hydrogen) atoms. The van der Waals surface area contributed by atoms with Crippen LogP contribution in [0.4, 0.5) is 0 Å². The maximum Gasteiger partial charge on any atom is 0.0699 e. The van der Waals surface area contributed by atoms with Crippen molar-refractivity contribution in [1.29, 1.82) is 0 Å². The third-order valence-electron chi connectivity index (χ3n) is 3.81. The second kappa shape index (κ2) is 7.00. The molecule has 0 aliphatic carbocycles. The number of hydrogen-bond acceptors (Lipinski definition) is 3. The van der Waals surface area contributed by atoms with Crippen molar-refractivity contribution in [3.05, 3.63) is 0 Å². The van der Waals surface area contributed by atoms with Crippen molar-refractivity contribution in [3.8, 4) is 12.3 Å². The average Bonchev–Trinajstić information content (AvgIpc) is 2.40. The van der Waals surface area contributed by atoms with Gasteiger partial charge in [0, 0.05) is 32.3 Å². The zero-order chi connectivity index (χ0) is 11.9. The van der Waals surface area contributed by atoms with E-state index in [0.717, 1.165) is 32.8 Å². The molecule has 0 saturated carbocycles. The number of piperidine rings is 1. The van der Waals surface area contributed by atoms with Crippen LogP contribution in [0.25, 0.3) is 0 Å². The van der Waals surface area contributed by atoms with Gasteiger partial charge >= 0.3 is 0 Å². The third kappa shape index (κ3) is 4.31. The van der Waals surface area contributed by atoms with E-state index in [0.29, 0.717) is 12.1 Å². The van der Waals surface area contributed by atoms with Crippen LogP contribution >= 0.6 is 0 Å². The van der Waals surface area contributed by atoms with Gasteiger partial charge in [0.25, 0.3) is 0 Å². The molecule has 2 saturated heterocycles. The minimum absolute atomic E-state index is 0.451. The number of ether oxygens (including phenoxy) is 1. The van der Waals surface area contributed by atoms with Crippen LogP contribution in [0, 0.1) is 12.3 Å². The van der Waals surface area contributed by atoms with E-state index in [-0.39, 0.29) is 0 Å². The summed E-state index contributed by atoms with van der Waals surface area (Å²) in [5.74, 6) is 2.72. The monoisotopic (exact) mass is 236 g/mol. The summed E-state index contributed by atoms with van der Waals surface area (Å²) in [5.41, 5.74) is 0. The van der Waals surface area contributed by atoms with Gasteiger partial charge in [0.2, 0.25) is 0 Å². The van der Waals surface area contributed by atoms with Crippen molar-refractivity contribution in [2.75, 3.05) is 32.8 Å². The molecular formula is C14H24N2O. The Kier molecular flexibility index (Phi) is 5.31. The van der Waals surface area contributed by atoms with Crippen molar-refractivity contribution in [3.63, 3.8) is 0 Å². The lowest BCUT2D eigenvalue weighted by Crippen LogP contribution is -2.45. The topological polar surface area (TPSA) is 24.5 Å². The Balaban J connectivity index is 1.59. The summed E-state index contributed by atoms with van der Waals surface area (Å²) in [6.45, 7) is 5.05. The molecule has 2 rings (SSSR count). The summed E-state index contributed by atoms with van der Waals surface area (Å²) in [4.78, 5) is 2.36. The number of nitrogens with zero attached hydrogens (tertiary/aromatic N) is 1. The van der Waals surface area contributed by atoms with E-state index in [1.54, 1.807) is 0 Å². The third-order valence-corrected chi connectivity index (χ3v) is 3.81. The molecule has 1 N–H and O–H groups in total. The van der Waals surface area contributed by atoms with Crippen LogP contribution in [-0.2, 0) is 4.74 Å². The first-order chi connectivity index (χ1) is 8.38. The number of hydrogen-bond donors (Lipinski definition) is 1. The SMILES string of the molecule is C#CCN1CCC(NCC2CCCCO2)CC1. The molecule has 0 spiro atoms. The summed E-state index contributed by atoms with van der Waals surface area (Å²) in [6.07, 6.45) is 12.0. The van der Waals surface area contributed by atoms with Crippen LogP contribution in [0.2, 0.25) is 0 Å². The van der Waals surface area contributed by atoms with E-state index in [1.807, 2.05) is 0 Å². The minimum Gasteiger partial charge on any atom is -0.377 e. The molecule has 2 aliphatic rings. The fourth-order valence-corrected chi connectivity index (χ4v) is 2.69. The molecule has 0 aromatic carbocycles. The van der Waals surface area contributed by atoms with Crippen molar-refractivity contribution in [1.82, 2.24) is 10.2 Å². The lowest BCUT2D eigenvalue weighted by atomic mass is 10.0. The van der Waals surface area contributed by atoms with Crippen LogP contribution in [0.15, 0.2) is 0 Å². The standard InChI is InChI=1S/C14H24N2O/c1-2-8-16-9-6-13(7-10-16)15-12-14-5-3-4-11-17-14/h1,13-15H,3-12H2. The molecule has 0 radical (unpaired) electrons. The van der Waals surface area contributed by atoms with Gasteiger partial charge in [-0.25, -0.2) is 0 Å². The second-order valence-electron chi connectivity index (χ2n) is 5.15. The molecular weight excluding hydrogens is 212 g/mol. The second-order valence-corrected chi connectivity index (χ2v) is 5.15. The predicted octanol–water partition coefficient (Wildman–Crippen LogP) is 1.24. The lowest BCUT2D eigenvalue weighted by Gasteiger charge is -2.32. The van der Waals surface area contributed by atoms with Gasteiger partial charge in [-0.3, -0.25) is 4.90 Å². The summed E-state index contributed by atoms with van der Waals surface area (Å²) in [7, 11) is 0. The number of nitrogens with one attached hydrogen (secondary N) is 1. The first kappa shape index (κ1) is 12.9. The molecule has 1 unspecified atom stereocenters. The summed E-state index contributed by atoms with van der Waals surface area (Å²) in [6, 6.07) is 0.662. The highest BCUT2D eigenvalue weighted by molar-refractivity contribution is 4.90. The molecule has 96 valence electrons. The van der Waals surface area contributed by atoms with E-state index in [1.165, 1.54) is 32.1 Å². The van der Waals surface area contributed by atoms with Gasteiger partial charge in [0.1, 0.15) is 0 Å². The Labute approximate surface area is 105 Å². The largest absolute Gasteiger partial charge is 0.377 e. The molecule has 3 heteroatoms. The number of terminal acetylenes is 1. The van der Waals surface area contributed by atoms with Gasteiger partial charge in [-0.2, -0.15) is 0 Å². The molecule has 3 nitrogen and oxygen atoms in total. The van der Waals surface area contributed by atoms with Crippen molar-refractivity contribution < 1.29 is 4.74 Å². The Morgan fingerprint density at radius 2 is 2.06 bits per heavy atom. The summed E-state index contributed by atoms with van der Waals surface area (Å²) in [5, 5.41) is 3.65. The van der Waals surface area contributed by atoms with Gasteiger partial charge in [0.15, 0.2) is 0 Å². The normalized spacial score (nSPS) is 27.8. The highest BCUT2D eigenvalue weighted by atomic mass is 16.5. The quantitative estimate of drug-likeness (QED) is 0.743. The summed E-state index contributed by atoms with van der Waals surface area (Å²) >= 11 is 0. The van der Waals surface area contributed by atoms with Crippen LogP contribution in [0.5, 0.6) is 0 Å². The van der Waals surface area contributed by atoms with Gasteiger partial charge < -0.3 is 10.1 Å². The van der Waals surface area contributed by atoms with E-state index >= 15 is 0 Å². The first-order valence-corrected chi connectivity index (χ1v) is 6.89. The zero-order valence-corrected chi connectivity index (χ0v) is 10.7. The van der Waals surface area contributed by atoms with Crippen LogP contribution in [0.1, 0.15) is 32.1 Å². The van der Waals surface area contributed by atoms with Gasteiger partial charge in [-0.05, 0) is 32.1 Å². The van der Waals surface area contributed by atoms with E-state index in [2.05, 4.69) is 16.1 Å². The fraction of sp³-hybridized carbons (Fsp3) is 0.857. The summed E-state index contributed by atoms with van der Waals surface area (Å²) < 4.78 is 5.73. The van der Waals surface area contributed by atoms with Crippen molar-refractivity contribution in [2.45, 2.75) is 44.2 Å². The maximum absolute atomic E-state index is 5.73. The Bertz CT molecular complexity index is 247. The predicted molar refractivity (Wildman–Crippen MR) is 69.9 cm³/mol. The molecule has 0 aromatic rings. The van der Waals surface area contributed by atoms with Gasteiger partial charge in [-0.1, -0.05) is 5.92 Å². The van der Waals surface area contributed by atoms with Crippen molar-refractivity contribution >= 4 is 0 Å². The smallest absolute Gasteiger partial charge is 0.0699 e. The lowest BCUT2D eigenvalue weighted by molar-refractivity contribution is 0.0140. The fourth-order valence-electron chi connectivity index (χ4n) is 2.69. The maximum atomic E-state index is 5.73. The van der Waals surface area contributed by atoms with Gasteiger partial charge in [-0.15, -0.1) is 6.42 Å². The van der Waals surface area contributed by atoms with E-state index in [4.69, 9.17) is 11.2 Å². The molecule has 2 aliphatic heterocycles. The first-order valence-electron chi connectivity index (χ1n) is 6.89. The Morgan fingerprint density at radius 1 is 1.24 bits per heavy atom. The van der Waals surface area contributed by atoms with Gasteiger partial charge in [0.05, 0.1) is 12.6 Å². The average molecular weight is 236 g/mol. The molecule has 0 aromatic heterocycles. The molecule has 0 amide bonds. The highest BCUT2D eigenvalue weighted by Gasteiger charge is 2.20. The van der Waals surface area contributed by atoms with Crippen molar-refractivity contribution in [2.24, 2.45) is 0 Å². The van der Waals surface area contributed by atoms with Crippen LogP contribution < -0.4 is 5.32 Å². The van der Waals surface area contributed by atoms with E-state index in [9.17, 15) is 0 Å². The molecule has 1 atom stereocenters. The highest BCUT2D eigenvalue weighted by Crippen LogP contribution is 2.14.